The highest BCUT2D eigenvalue weighted by Crippen LogP contribution is 2.35. The summed E-state index contributed by atoms with van der Waals surface area (Å²) in [6.07, 6.45) is 2.06. The molecule has 0 aliphatic carbocycles. The van der Waals surface area contributed by atoms with Crippen LogP contribution in [0.15, 0.2) is 71.6 Å². The molecule has 2 aromatic rings. The van der Waals surface area contributed by atoms with Gasteiger partial charge in [0.1, 0.15) is 4.32 Å². The summed E-state index contributed by atoms with van der Waals surface area (Å²) in [5, 5.41) is 0. The summed E-state index contributed by atoms with van der Waals surface area (Å²) in [5.74, 6) is 0.200. The number of nitrogens with one attached hydrogen (secondary N) is 2. The molecule has 0 radical (unpaired) electrons. The summed E-state index contributed by atoms with van der Waals surface area (Å²) in [6, 6.07) is 20.4. The molecule has 1 amide bonds. The zero-order valence-electron chi connectivity index (χ0n) is 14.1. The van der Waals surface area contributed by atoms with Crippen LogP contribution >= 0.6 is 24.0 Å². The van der Waals surface area contributed by atoms with Crippen molar-refractivity contribution in [3.8, 4) is 0 Å². The lowest BCUT2D eigenvalue weighted by Crippen LogP contribution is -2.27. The van der Waals surface area contributed by atoms with Crippen LogP contribution in [0, 0.1) is 5.92 Å². The Kier molecular flexibility index (Phi) is 5.17. The number of carbonyl (C=O) groups excluding carboxylic acids is 1. The molecule has 2 aromatic carbocycles. The maximum absolute atomic E-state index is 12.9. The maximum Gasteiger partial charge on any atom is 0.266 e. The van der Waals surface area contributed by atoms with Crippen LogP contribution in [0.1, 0.15) is 17.2 Å². The Morgan fingerprint density at radius 3 is 2.54 bits per heavy atom. The van der Waals surface area contributed by atoms with E-state index in [9.17, 15) is 4.79 Å². The van der Waals surface area contributed by atoms with Gasteiger partial charge in [-0.3, -0.25) is 15.1 Å². The van der Waals surface area contributed by atoms with E-state index in [0.717, 1.165) is 17.0 Å². The number of rotatable bonds is 4. The first-order valence-electron chi connectivity index (χ1n) is 8.55. The van der Waals surface area contributed by atoms with Crippen LogP contribution in [-0.2, 0) is 11.3 Å². The third-order valence-electron chi connectivity index (χ3n) is 4.60. The lowest BCUT2D eigenvalue weighted by atomic mass is 9.94. The van der Waals surface area contributed by atoms with E-state index < -0.39 is 0 Å². The van der Waals surface area contributed by atoms with Gasteiger partial charge in [0.2, 0.25) is 0 Å². The van der Waals surface area contributed by atoms with Crippen LogP contribution in [0.2, 0.25) is 0 Å². The molecule has 2 aliphatic rings. The monoisotopic (exact) mass is 381 g/mol. The molecule has 0 bridgehead atoms. The van der Waals surface area contributed by atoms with Gasteiger partial charge in [-0.05, 0) is 11.1 Å². The number of hydrogen-bond acceptors (Lipinski definition) is 5. The summed E-state index contributed by atoms with van der Waals surface area (Å²) < 4.78 is 0.625. The minimum absolute atomic E-state index is 0.00237. The summed E-state index contributed by atoms with van der Waals surface area (Å²) >= 11 is 6.85. The van der Waals surface area contributed by atoms with E-state index in [1.165, 1.54) is 17.3 Å². The third kappa shape index (κ3) is 3.59. The van der Waals surface area contributed by atoms with Gasteiger partial charge < -0.3 is 0 Å². The largest absolute Gasteiger partial charge is 0.288 e. The summed E-state index contributed by atoms with van der Waals surface area (Å²) in [6.45, 7) is 1.30. The van der Waals surface area contributed by atoms with Crippen LogP contribution in [-0.4, -0.2) is 21.7 Å². The average Bonchev–Trinajstić information content (AvgIpc) is 3.24. The zero-order chi connectivity index (χ0) is 17.9. The summed E-state index contributed by atoms with van der Waals surface area (Å²) in [5.41, 5.74) is 8.81. The van der Waals surface area contributed by atoms with Crippen LogP contribution in [0.5, 0.6) is 0 Å². The number of carbonyl (C=O) groups is 1. The van der Waals surface area contributed by atoms with Crippen molar-refractivity contribution in [2.24, 2.45) is 5.92 Å². The van der Waals surface area contributed by atoms with Gasteiger partial charge in [0.05, 0.1) is 17.5 Å². The Balaban J connectivity index is 1.52. The van der Waals surface area contributed by atoms with Gasteiger partial charge in [0.25, 0.3) is 5.91 Å². The van der Waals surface area contributed by atoms with E-state index in [1.54, 1.807) is 4.90 Å². The number of hydrazine groups is 1. The van der Waals surface area contributed by atoms with Crippen molar-refractivity contribution in [3.63, 3.8) is 0 Å². The van der Waals surface area contributed by atoms with E-state index in [0.29, 0.717) is 10.9 Å². The van der Waals surface area contributed by atoms with Gasteiger partial charge >= 0.3 is 0 Å². The number of benzene rings is 2. The minimum Gasteiger partial charge on any atom is -0.288 e. The summed E-state index contributed by atoms with van der Waals surface area (Å²) in [4.78, 5) is 15.3. The van der Waals surface area contributed by atoms with Gasteiger partial charge in [-0.25, -0.2) is 5.43 Å². The highest BCUT2D eigenvalue weighted by Gasteiger charge is 2.35. The van der Waals surface area contributed by atoms with Gasteiger partial charge in [-0.15, -0.1) is 0 Å². The zero-order valence-corrected chi connectivity index (χ0v) is 15.7. The molecule has 6 heteroatoms. The first-order valence-corrected chi connectivity index (χ1v) is 9.77. The van der Waals surface area contributed by atoms with Crippen LogP contribution < -0.4 is 10.9 Å². The lowest BCUT2D eigenvalue weighted by molar-refractivity contribution is -0.122. The van der Waals surface area contributed by atoms with Crippen LogP contribution in [0.4, 0.5) is 0 Å². The van der Waals surface area contributed by atoms with Crippen molar-refractivity contribution >= 4 is 34.2 Å². The molecule has 2 N–H and O–H groups in total. The van der Waals surface area contributed by atoms with Gasteiger partial charge in [0, 0.05) is 12.5 Å². The van der Waals surface area contributed by atoms with Crippen molar-refractivity contribution < 1.29 is 4.79 Å². The predicted molar refractivity (Wildman–Crippen MR) is 109 cm³/mol. The Bertz CT molecular complexity index is 839. The molecule has 2 aliphatic heterocycles. The van der Waals surface area contributed by atoms with Crippen molar-refractivity contribution in [3.05, 3.63) is 82.8 Å². The fraction of sp³-hybridized carbons (Fsp3) is 0.200. The lowest BCUT2D eigenvalue weighted by Gasteiger charge is -2.16. The SMILES string of the molecule is O=C1/C(=C\C2CNNC2c2ccccc2)SC(=S)N1Cc1ccccc1. The quantitative estimate of drug-likeness (QED) is 0.628. The molecular weight excluding hydrogens is 362 g/mol. The predicted octanol–water partition coefficient (Wildman–Crippen LogP) is 3.40. The first-order chi connectivity index (χ1) is 12.7. The van der Waals surface area contributed by atoms with Crippen molar-refractivity contribution in [1.29, 1.82) is 0 Å². The molecular formula is C20H19N3OS2. The Morgan fingerprint density at radius 1 is 1.12 bits per heavy atom. The average molecular weight is 382 g/mol. The number of thioether (sulfide) groups is 1. The Morgan fingerprint density at radius 2 is 1.81 bits per heavy atom. The van der Waals surface area contributed by atoms with Crippen LogP contribution in [0.3, 0.4) is 0 Å². The van der Waals surface area contributed by atoms with Gasteiger partial charge in [0.15, 0.2) is 0 Å². The van der Waals surface area contributed by atoms with Crippen molar-refractivity contribution in [2.75, 3.05) is 6.54 Å². The fourth-order valence-electron chi connectivity index (χ4n) is 3.27. The van der Waals surface area contributed by atoms with Crippen LogP contribution in [0.25, 0.3) is 0 Å². The number of hydrogen-bond donors (Lipinski definition) is 2. The number of nitrogens with zero attached hydrogens (tertiary/aromatic N) is 1. The second kappa shape index (κ2) is 7.72. The van der Waals surface area contributed by atoms with E-state index in [2.05, 4.69) is 29.1 Å². The molecule has 26 heavy (non-hydrogen) atoms. The molecule has 0 aromatic heterocycles. The molecule has 4 rings (SSSR count). The smallest absolute Gasteiger partial charge is 0.266 e. The summed E-state index contributed by atoms with van der Waals surface area (Å²) in [7, 11) is 0. The molecule has 4 nitrogen and oxygen atoms in total. The Hall–Kier alpha value is -1.99. The normalized spacial score (nSPS) is 24.6. The fourth-order valence-corrected chi connectivity index (χ4v) is 4.57. The maximum atomic E-state index is 12.9. The molecule has 132 valence electrons. The first kappa shape index (κ1) is 17.4. The van der Waals surface area contributed by atoms with Crippen molar-refractivity contribution in [1.82, 2.24) is 15.8 Å². The van der Waals surface area contributed by atoms with E-state index in [4.69, 9.17) is 12.2 Å². The molecule has 2 unspecified atom stereocenters. The highest BCUT2D eigenvalue weighted by atomic mass is 32.2. The molecule has 0 saturated carbocycles. The molecule has 2 atom stereocenters. The van der Waals surface area contributed by atoms with E-state index in [-0.39, 0.29) is 17.9 Å². The number of thiocarbonyl (C=S) groups is 1. The third-order valence-corrected chi connectivity index (χ3v) is 6.00. The Labute approximate surface area is 162 Å². The van der Waals surface area contributed by atoms with E-state index >= 15 is 0 Å². The second-order valence-corrected chi connectivity index (χ2v) is 8.03. The minimum atomic E-state index is 0.00237. The molecule has 2 heterocycles. The molecule has 2 fully saturated rings. The van der Waals surface area contributed by atoms with Gasteiger partial charge in [-0.1, -0.05) is 90.7 Å². The number of amides is 1. The second-order valence-electron chi connectivity index (χ2n) is 6.35. The molecule has 0 spiro atoms. The van der Waals surface area contributed by atoms with Crippen molar-refractivity contribution in [2.45, 2.75) is 12.6 Å². The highest BCUT2D eigenvalue weighted by molar-refractivity contribution is 8.26. The molecule has 2 saturated heterocycles. The topological polar surface area (TPSA) is 44.4 Å². The standard InChI is InChI=1S/C20H19N3OS2/c24-19-17(26-20(25)23(19)13-14-7-3-1-4-8-14)11-16-12-21-22-18(16)15-9-5-2-6-10-15/h1-11,16,18,21-22H,12-13H2/b17-11+. The van der Waals surface area contributed by atoms with Gasteiger partial charge in [-0.2, -0.15) is 0 Å². The van der Waals surface area contributed by atoms with E-state index in [1.807, 2.05) is 48.5 Å².